The van der Waals surface area contributed by atoms with Crippen molar-refractivity contribution in [3.63, 3.8) is 0 Å². The van der Waals surface area contributed by atoms with Crippen LogP contribution in [-0.2, 0) is 14.2 Å². The fourth-order valence-electron chi connectivity index (χ4n) is 1.39. The highest BCUT2D eigenvalue weighted by atomic mass is 16.7. The van der Waals surface area contributed by atoms with Crippen LogP contribution < -0.4 is 0 Å². The second kappa shape index (κ2) is 7.17. The largest absolute Gasteiger partial charge is 0.391 e. The van der Waals surface area contributed by atoms with E-state index >= 15 is 0 Å². The molecule has 1 aliphatic rings. The first-order valence-corrected chi connectivity index (χ1v) is 5.79. The molecule has 0 saturated carbocycles. The van der Waals surface area contributed by atoms with Crippen molar-refractivity contribution in [2.75, 3.05) is 19.8 Å². The van der Waals surface area contributed by atoms with Crippen LogP contribution in [0.2, 0.25) is 0 Å². The Bertz CT molecular complexity index is 163. The first-order valence-electron chi connectivity index (χ1n) is 5.79. The Morgan fingerprint density at radius 3 is 2.87 bits per heavy atom. The Morgan fingerprint density at radius 2 is 2.27 bits per heavy atom. The Kier molecular flexibility index (Phi) is 6.17. The molecule has 0 aromatic heterocycles. The van der Waals surface area contributed by atoms with Crippen LogP contribution in [0, 0.1) is 0 Å². The van der Waals surface area contributed by atoms with Gasteiger partial charge in [0.05, 0.1) is 32.0 Å². The quantitative estimate of drug-likeness (QED) is 0.655. The summed E-state index contributed by atoms with van der Waals surface area (Å²) in [5.41, 5.74) is 0. The lowest BCUT2D eigenvalue weighted by atomic mass is 10.3. The summed E-state index contributed by atoms with van der Waals surface area (Å²) in [6.45, 7) is 5.70. The van der Waals surface area contributed by atoms with Crippen molar-refractivity contribution >= 4 is 0 Å². The van der Waals surface area contributed by atoms with Gasteiger partial charge >= 0.3 is 0 Å². The lowest BCUT2D eigenvalue weighted by molar-refractivity contribution is -0.0797. The first-order chi connectivity index (χ1) is 7.26. The van der Waals surface area contributed by atoms with E-state index in [1.54, 1.807) is 0 Å². The standard InChI is InChI=1S/C11H22O4/c1-3-9(12)7-13-6-5-11-14-8-10(4-2)15-11/h9-12H,3-8H2,1-2H3. The van der Waals surface area contributed by atoms with Gasteiger partial charge < -0.3 is 19.3 Å². The normalized spacial score (nSPS) is 28.2. The third kappa shape index (κ3) is 4.93. The van der Waals surface area contributed by atoms with E-state index in [1.165, 1.54) is 0 Å². The molecule has 3 unspecified atom stereocenters. The van der Waals surface area contributed by atoms with Crippen LogP contribution in [0.15, 0.2) is 0 Å². The van der Waals surface area contributed by atoms with E-state index in [2.05, 4.69) is 6.92 Å². The summed E-state index contributed by atoms with van der Waals surface area (Å²) in [4.78, 5) is 0. The highest BCUT2D eigenvalue weighted by Crippen LogP contribution is 2.16. The average Bonchev–Trinajstić information content (AvgIpc) is 2.72. The van der Waals surface area contributed by atoms with Gasteiger partial charge in [0.15, 0.2) is 6.29 Å². The molecule has 0 amide bonds. The van der Waals surface area contributed by atoms with Gasteiger partial charge in [-0.2, -0.15) is 0 Å². The van der Waals surface area contributed by atoms with Crippen molar-refractivity contribution in [1.82, 2.24) is 0 Å². The van der Waals surface area contributed by atoms with E-state index in [0.717, 1.165) is 19.3 Å². The minimum Gasteiger partial charge on any atom is -0.391 e. The maximum Gasteiger partial charge on any atom is 0.160 e. The highest BCUT2D eigenvalue weighted by molar-refractivity contribution is 4.63. The first kappa shape index (κ1) is 12.9. The Hall–Kier alpha value is -0.160. The number of hydrogen-bond donors (Lipinski definition) is 1. The summed E-state index contributed by atoms with van der Waals surface area (Å²) in [5, 5.41) is 9.24. The molecule has 0 aromatic carbocycles. The number of aliphatic hydroxyl groups excluding tert-OH is 1. The third-order valence-electron chi connectivity index (χ3n) is 2.55. The molecule has 1 N–H and O–H groups in total. The van der Waals surface area contributed by atoms with Crippen LogP contribution in [0.3, 0.4) is 0 Å². The molecular formula is C11H22O4. The van der Waals surface area contributed by atoms with Gasteiger partial charge in [0.2, 0.25) is 0 Å². The average molecular weight is 218 g/mol. The molecule has 15 heavy (non-hydrogen) atoms. The molecule has 0 spiro atoms. The Morgan fingerprint density at radius 1 is 1.47 bits per heavy atom. The zero-order valence-electron chi connectivity index (χ0n) is 9.65. The van der Waals surface area contributed by atoms with Crippen molar-refractivity contribution in [1.29, 1.82) is 0 Å². The molecular weight excluding hydrogens is 196 g/mol. The molecule has 1 saturated heterocycles. The van der Waals surface area contributed by atoms with Gasteiger partial charge in [-0.15, -0.1) is 0 Å². The summed E-state index contributed by atoms with van der Waals surface area (Å²) < 4.78 is 16.3. The molecule has 4 heteroatoms. The highest BCUT2D eigenvalue weighted by Gasteiger charge is 2.23. The van der Waals surface area contributed by atoms with Gasteiger partial charge in [0.1, 0.15) is 0 Å². The summed E-state index contributed by atoms with van der Waals surface area (Å²) in [5.74, 6) is 0. The molecule has 0 bridgehead atoms. The SMILES string of the molecule is CCC(O)COCCC1OCC(CC)O1. The fraction of sp³-hybridized carbons (Fsp3) is 1.00. The molecule has 1 rings (SSSR count). The van der Waals surface area contributed by atoms with E-state index in [0.29, 0.717) is 19.8 Å². The Balaban J connectivity index is 1.97. The second-order valence-corrected chi connectivity index (χ2v) is 3.85. The zero-order valence-corrected chi connectivity index (χ0v) is 9.65. The van der Waals surface area contributed by atoms with E-state index in [4.69, 9.17) is 14.2 Å². The number of hydrogen-bond acceptors (Lipinski definition) is 4. The van der Waals surface area contributed by atoms with E-state index in [9.17, 15) is 5.11 Å². The third-order valence-corrected chi connectivity index (χ3v) is 2.55. The molecule has 4 nitrogen and oxygen atoms in total. The number of aliphatic hydroxyl groups is 1. The van der Waals surface area contributed by atoms with Gasteiger partial charge in [-0.25, -0.2) is 0 Å². The van der Waals surface area contributed by atoms with Crippen LogP contribution in [-0.4, -0.2) is 43.4 Å². The summed E-state index contributed by atoms with van der Waals surface area (Å²) in [7, 11) is 0. The molecule has 1 heterocycles. The van der Waals surface area contributed by atoms with E-state index in [1.807, 2.05) is 6.92 Å². The van der Waals surface area contributed by atoms with Gasteiger partial charge in [0, 0.05) is 6.42 Å². The van der Waals surface area contributed by atoms with Crippen molar-refractivity contribution < 1.29 is 19.3 Å². The molecule has 3 atom stereocenters. The number of ether oxygens (including phenoxy) is 3. The molecule has 0 aromatic rings. The molecule has 1 fully saturated rings. The van der Waals surface area contributed by atoms with Gasteiger partial charge in [-0.3, -0.25) is 0 Å². The molecule has 1 aliphatic heterocycles. The predicted octanol–water partition coefficient (Wildman–Crippen LogP) is 1.32. The lowest BCUT2D eigenvalue weighted by Crippen LogP contribution is -2.18. The van der Waals surface area contributed by atoms with Crippen molar-refractivity contribution in [3.8, 4) is 0 Å². The molecule has 0 aliphatic carbocycles. The summed E-state index contributed by atoms with van der Waals surface area (Å²) in [6, 6.07) is 0. The lowest BCUT2D eigenvalue weighted by Gasteiger charge is -2.12. The van der Waals surface area contributed by atoms with Crippen LogP contribution in [0.25, 0.3) is 0 Å². The van der Waals surface area contributed by atoms with Crippen LogP contribution in [0.1, 0.15) is 33.1 Å². The van der Waals surface area contributed by atoms with E-state index in [-0.39, 0.29) is 18.5 Å². The van der Waals surface area contributed by atoms with Crippen molar-refractivity contribution in [2.24, 2.45) is 0 Å². The second-order valence-electron chi connectivity index (χ2n) is 3.85. The molecule has 0 radical (unpaired) electrons. The van der Waals surface area contributed by atoms with Gasteiger partial charge in [-0.05, 0) is 12.8 Å². The maximum atomic E-state index is 9.24. The van der Waals surface area contributed by atoms with Crippen molar-refractivity contribution in [2.45, 2.75) is 51.6 Å². The predicted molar refractivity (Wildman–Crippen MR) is 56.6 cm³/mol. The fourth-order valence-corrected chi connectivity index (χ4v) is 1.39. The van der Waals surface area contributed by atoms with Gasteiger partial charge in [-0.1, -0.05) is 13.8 Å². The Labute approximate surface area is 91.5 Å². The van der Waals surface area contributed by atoms with Gasteiger partial charge in [0.25, 0.3) is 0 Å². The minimum absolute atomic E-state index is 0.117. The smallest absolute Gasteiger partial charge is 0.160 e. The van der Waals surface area contributed by atoms with Crippen LogP contribution >= 0.6 is 0 Å². The number of rotatable bonds is 7. The minimum atomic E-state index is -0.348. The molecule has 90 valence electrons. The van der Waals surface area contributed by atoms with Crippen LogP contribution in [0.5, 0.6) is 0 Å². The van der Waals surface area contributed by atoms with Crippen molar-refractivity contribution in [3.05, 3.63) is 0 Å². The monoisotopic (exact) mass is 218 g/mol. The topological polar surface area (TPSA) is 47.9 Å². The zero-order chi connectivity index (χ0) is 11.1. The maximum absolute atomic E-state index is 9.24. The van der Waals surface area contributed by atoms with E-state index < -0.39 is 0 Å². The summed E-state index contributed by atoms with van der Waals surface area (Å²) in [6.07, 6.45) is 2.25. The van der Waals surface area contributed by atoms with Crippen LogP contribution in [0.4, 0.5) is 0 Å². The summed E-state index contributed by atoms with van der Waals surface area (Å²) >= 11 is 0.